The highest BCUT2D eigenvalue weighted by molar-refractivity contribution is 9.11. The van der Waals surface area contributed by atoms with Crippen LogP contribution in [0.3, 0.4) is 0 Å². The zero-order valence-electron chi connectivity index (χ0n) is 8.30. The number of sulfonamides is 1. The quantitative estimate of drug-likeness (QED) is 0.855. The standard InChI is InChI=1S/C7H10BrNO4S3/c1-15(10,11)5-4-9-16(12,13)7-3-2-6(8)14-7/h2-3,9H,4-5H2,1H3. The van der Waals surface area contributed by atoms with Crippen molar-refractivity contribution in [2.24, 2.45) is 0 Å². The highest BCUT2D eigenvalue weighted by atomic mass is 79.9. The van der Waals surface area contributed by atoms with Gasteiger partial charge in [0.15, 0.2) is 0 Å². The van der Waals surface area contributed by atoms with Crippen molar-refractivity contribution in [3.05, 3.63) is 15.9 Å². The van der Waals surface area contributed by atoms with Crippen molar-refractivity contribution < 1.29 is 16.8 Å². The zero-order chi connectivity index (χ0) is 12.4. The first-order valence-electron chi connectivity index (χ1n) is 4.13. The van der Waals surface area contributed by atoms with Gasteiger partial charge in [0.1, 0.15) is 14.0 Å². The van der Waals surface area contributed by atoms with E-state index >= 15 is 0 Å². The smallest absolute Gasteiger partial charge is 0.229 e. The Morgan fingerprint density at radius 2 is 1.94 bits per heavy atom. The molecule has 0 aliphatic heterocycles. The molecule has 0 spiro atoms. The molecule has 1 heterocycles. The molecule has 16 heavy (non-hydrogen) atoms. The maximum absolute atomic E-state index is 11.6. The fourth-order valence-corrected chi connectivity index (χ4v) is 4.56. The second-order valence-electron chi connectivity index (χ2n) is 3.09. The van der Waals surface area contributed by atoms with E-state index in [0.29, 0.717) is 3.79 Å². The summed E-state index contributed by atoms with van der Waals surface area (Å²) in [6, 6.07) is 3.08. The molecule has 0 aromatic carbocycles. The van der Waals surface area contributed by atoms with Crippen LogP contribution in [0.4, 0.5) is 0 Å². The lowest BCUT2D eigenvalue weighted by atomic mass is 10.7. The molecule has 0 aliphatic rings. The van der Waals surface area contributed by atoms with Gasteiger partial charge in [-0.05, 0) is 28.1 Å². The van der Waals surface area contributed by atoms with E-state index < -0.39 is 19.9 Å². The topological polar surface area (TPSA) is 80.3 Å². The van der Waals surface area contributed by atoms with E-state index in [4.69, 9.17) is 0 Å². The Morgan fingerprint density at radius 1 is 1.31 bits per heavy atom. The Balaban J connectivity index is 2.67. The second kappa shape index (κ2) is 5.13. The number of hydrogen-bond donors (Lipinski definition) is 1. The van der Waals surface area contributed by atoms with Crippen LogP contribution in [0, 0.1) is 0 Å². The first-order chi connectivity index (χ1) is 7.21. The Kier molecular flexibility index (Phi) is 4.52. The molecule has 0 atom stereocenters. The summed E-state index contributed by atoms with van der Waals surface area (Å²) in [7, 11) is -6.74. The molecule has 0 bridgehead atoms. The molecule has 0 saturated heterocycles. The minimum atomic E-state index is -3.59. The maximum Gasteiger partial charge on any atom is 0.250 e. The minimum absolute atomic E-state index is 0.114. The average molecular weight is 348 g/mol. The summed E-state index contributed by atoms with van der Waals surface area (Å²) < 4.78 is 48.0. The van der Waals surface area contributed by atoms with Crippen molar-refractivity contribution in [3.63, 3.8) is 0 Å². The number of nitrogens with one attached hydrogen (secondary N) is 1. The van der Waals surface area contributed by atoms with Gasteiger partial charge in [-0.15, -0.1) is 11.3 Å². The molecule has 1 aromatic heterocycles. The summed E-state index contributed by atoms with van der Waals surface area (Å²) in [5, 5.41) is 0. The van der Waals surface area contributed by atoms with Crippen molar-refractivity contribution in [1.29, 1.82) is 0 Å². The van der Waals surface area contributed by atoms with Crippen LogP contribution in [0.2, 0.25) is 0 Å². The Hall–Kier alpha value is 0.0400. The van der Waals surface area contributed by atoms with Crippen molar-refractivity contribution in [2.45, 2.75) is 4.21 Å². The van der Waals surface area contributed by atoms with Gasteiger partial charge in [0, 0.05) is 12.8 Å². The van der Waals surface area contributed by atoms with E-state index in [1.807, 2.05) is 0 Å². The Morgan fingerprint density at radius 3 is 2.38 bits per heavy atom. The van der Waals surface area contributed by atoms with Gasteiger partial charge in [-0.3, -0.25) is 0 Å². The van der Waals surface area contributed by atoms with Crippen LogP contribution in [-0.4, -0.2) is 35.4 Å². The van der Waals surface area contributed by atoms with Crippen LogP contribution >= 0.6 is 27.3 Å². The van der Waals surface area contributed by atoms with E-state index in [2.05, 4.69) is 20.7 Å². The van der Waals surface area contributed by atoms with Gasteiger partial charge in [-0.25, -0.2) is 21.6 Å². The van der Waals surface area contributed by atoms with Crippen LogP contribution in [0.1, 0.15) is 0 Å². The van der Waals surface area contributed by atoms with Crippen LogP contribution in [0.15, 0.2) is 20.1 Å². The van der Waals surface area contributed by atoms with Crippen LogP contribution < -0.4 is 4.72 Å². The van der Waals surface area contributed by atoms with E-state index in [-0.39, 0.29) is 16.5 Å². The van der Waals surface area contributed by atoms with Crippen molar-refractivity contribution in [1.82, 2.24) is 4.72 Å². The number of sulfone groups is 1. The lowest BCUT2D eigenvalue weighted by Gasteiger charge is -2.03. The lowest BCUT2D eigenvalue weighted by Crippen LogP contribution is -2.28. The first kappa shape index (κ1) is 14.1. The highest BCUT2D eigenvalue weighted by Gasteiger charge is 2.16. The van der Waals surface area contributed by atoms with Crippen molar-refractivity contribution >= 4 is 47.1 Å². The fourth-order valence-electron chi connectivity index (χ4n) is 0.875. The lowest BCUT2D eigenvalue weighted by molar-refractivity contribution is 0.584. The molecule has 0 fully saturated rings. The molecule has 5 nitrogen and oxygen atoms in total. The normalized spacial score (nSPS) is 12.9. The summed E-state index contributed by atoms with van der Waals surface area (Å²) in [5.74, 6) is -0.210. The van der Waals surface area contributed by atoms with Gasteiger partial charge in [-0.2, -0.15) is 0 Å². The van der Waals surface area contributed by atoms with Crippen LogP contribution in [0.25, 0.3) is 0 Å². The van der Waals surface area contributed by atoms with E-state index in [0.717, 1.165) is 17.6 Å². The van der Waals surface area contributed by atoms with Gasteiger partial charge >= 0.3 is 0 Å². The summed E-state index contributed by atoms with van der Waals surface area (Å²) in [6.45, 7) is -0.114. The maximum atomic E-state index is 11.6. The SMILES string of the molecule is CS(=O)(=O)CCNS(=O)(=O)c1ccc(Br)s1. The zero-order valence-corrected chi connectivity index (χ0v) is 12.3. The minimum Gasteiger partial charge on any atom is -0.229 e. The van der Waals surface area contributed by atoms with E-state index in [9.17, 15) is 16.8 Å². The van der Waals surface area contributed by atoms with E-state index in [1.54, 1.807) is 6.07 Å². The first-order valence-corrected chi connectivity index (χ1v) is 9.29. The number of thiophene rings is 1. The number of hydrogen-bond acceptors (Lipinski definition) is 5. The van der Waals surface area contributed by atoms with Crippen molar-refractivity contribution in [3.8, 4) is 0 Å². The highest BCUT2D eigenvalue weighted by Crippen LogP contribution is 2.25. The molecule has 0 amide bonds. The van der Waals surface area contributed by atoms with Gasteiger partial charge in [-0.1, -0.05) is 0 Å². The molecule has 0 saturated carbocycles. The molecule has 1 N–H and O–H groups in total. The Bertz CT molecular complexity index is 560. The second-order valence-corrected chi connectivity index (χ2v) is 9.80. The number of rotatable bonds is 5. The van der Waals surface area contributed by atoms with Crippen LogP contribution in [-0.2, 0) is 19.9 Å². The summed E-state index contributed by atoms with van der Waals surface area (Å²) in [5.41, 5.74) is 0. The van der Waals surface area contributed by atoms with Gasteiger partial charge in [0.05, 0.1) is 9.54 Å². The van der Waals surface area contributed by atoms with Gasteiger partial charge < -0.3 is 0 Å². The predicted octanol–water partition coefficient (Wildman–Crippen LogP) is 0.834. The summed E-state index contributed by atoms with van der Waals surface area (Å²) >= 11 is 4.22. The Labute approximate surface area is 107 Å². The molecular weight excluding hydrogens is 338 g/mol. The molecule has 0 aliphatic carbocycles. The molecule has 1 aromatic rings. The van der Waals surface area contributed by atoms with Gasteiger partial charge in [0.25, 0.3) is 0 Å². The third-order valence-electron chi connectivity index (χ3n) is 1.58. The van der Waals surface area contributed by atoms with Gasteiger partial charge in [0.2, 0.25) is 10.0 Å². The molecule has 1 rings (SSSR count). The molecular formula is C7H10BrNO4S3. The fraction of sp³-hybridized carbons (Fsp3) is 0.429. The molecule has 0 radical (unpaired) electrons. The third kappa shape index (κ3) is 4.50. The third-order valence-corrected chi connectivity index (χ3v) is 6.10. The monoisotopic (exact) mass is 347 g/mol. The molecule has 9 heteroatoms. The largest absolute Gasteiger partial charge is 0.250 e. The average Bonchev–Trinajstić information content (AvgIpc) is 2.49. The predicted molar refractivity (Wildman–Crippen MR) is 66.9 cm³/mol. The summed E-state index contributed by atoms with van der Waals surface area (Å²) in [6.07, 6.45) is 1.06. The molecule has 0 unspecified atom stereocenters. The van der Waals surface area contributed by atoms with Crippen LogP contribution in [0.5, 0.6) is 0 Å². The van der Waals surface area contributed by atoms with E-state index in [1.165, 1.54) is 6.07 Å². The molecule has 92 valence electrons. The number of halogens is 1. The van der Waals surface area contributed by atoms with Crippen molar-refractivity contribution in [2.75, 3.05) is 18.6 Å². The summed E-state index contributed by atoms with van der Waals surface area (Å²) in [4.78, 5) is 0.